The maximum atomic E-state index is 9.13. The van der Waals surface area contributed by atoms with Crippen LogP contribution in [-0.4, -0.2) is 18.0 Å². The summed E-state index contributed by atoms with van der Waals surface area (Å²) in [4.78, 5) is 2.52. The Morgan fingerprint density at radius 2 is 1.95 bits per heavy atom. The topological polar surface area (TPSA) is 27.0 Å². The lowest BCUT2D eigenvalue weighted by atomic mass is 9.82. The van der Waals surface area contributed by atoms with Gasteiger partial charge in [-0.1, -0.05) is 44.2 Å². The smallest absolute Gasteiger partial charge is 0.0641 e. The maximum absolute atomic E-state index is 9.13. The van der Waals surface area contributed by atoms with Gasteiger partial charge in [-0.2, -0.15) is 5.26 Å². The van der Waals surface area contributed by atoms with Crippen LogP contribution in [0.1, 0.15) is 51.1 Å². The zero-order valence-corrected chi connectivity index (χ0v) is 12.1. The van der Waals surface area contributed by atoms with Crippen molar-refractivity contribution in [1.29, 1.82) is 5.26 Å². The SMILES string of the molecule is CCC1(CC)CCN(C(CC#N)c2ccccc2)C1. The number of nitrogens with zero attached hydrogens (tertiary/aromatic N) is 2. The van der Waals surface area contributed by atoms with Crippen LogP contribution in [0.3, 0.4) is 0 Å². The Kier molecular flexibility index (Phi) is 4.61. The Bertz CT molecular complexity index is 428. The third-order valence-electron chi connectivity index (χ3n) is 4.88. The standard InChI is InChI=1S/C17H24N2/c1-3-17(4-2)11-13-19(14-17)16(10-12-18)15-8-6-5-7-9-15/h5-9,16H,3-4,10-11,13-14H2,1-2H3. The van der Waals surface area contributed by atoms with E-state index >= 15 is 0 Å². The molecule has 0 radical (unpaired) electrons. The van der Waals surface area contributed by atoms with E-state index < -0.39 is 0 Å². The Morgan fingerprint density at radius 3 is 2.47 bits per heavy atom. The van der Waals surface area contributed by atoms with E-state index in [2.05, 4.69) is 49.1 Å². The molecule has 0 aromatic heterocycles. The monoisotopic (exact) mass is 256 g/mol. The number of benzene rings is 1. The Balaban J connectivity index is 2.16. The minimum absolute atomic E-state index is 0.270. The third-order valence-corrected chi connectivity index (χ3v) is 4.88. The summed E-state index contributed by atoms with van der Waals surface area (Å²) in [5.41, 5.74) is 1.76. The molecule has 1 unspecified atom stereocenters. The lowest BCUT2D eigenvalue weighted by Gasteiger charge is -2.30. The van der Waals surface area contributed by atoms with Crippen molar-refractivity contribution in [3.8, 4) is 6.07 Å². The van der Waals surface area contributed by atoms with Gasteiger partial charge in [-0.15, -0.1) is 0 Å². The van der Waals surface area contributed by atoms with Crippen LogP contribution in [-0.2, 0) is 0 Å². The van der Waals surface area contributed by atoms with Crippen molar-refractivity contribution in [3.05, 3.63) is 35.9 Å². The molecule has 1 atom stereocenters. The van der Waals surface area contributed by atoms with Gasteiger partial charge in [0.2, 0.25) is 0 Å². The highest BCUT2D eigenvalue weighted by molar-refractivity contribution is 5.20. The fourth-order valence-electron chi connectivity index (χ4n) is 3.28. The van der Waals surface area contributed by atoms with Crippen molar-refractivity contribution in [2.24, 2.45) is 5.41 Å². The fourth-order valence-corrected chi connectivity index (χ4v) is 3.28. The van der Waals surface area contributed by atoms with Crippen molar-refractivity contribution >= 4 is 0 Å². The molecule has 0 bridgehead atoms. The van der Waals surface area contributed by atoms with Crippen LogP contribution in [0.2, 0.25) is 0 Å². The summed E-state index contributed by atoms with van der Waals surface area (Å²) in [5, 5.41) is 9.13. The quantitative estimate of drug-likeness (QED) is 0.791. The normalized spacial score (nSPS) is 20.1. The summed E-state index contributed by atoms with van der Waals surface area (Å²) in [7, 11) is 0. The average Bonchev–Trinajstić information content (AvgIpc) is 2.90. The highest BCUT2D eigenvalue weighted by atomic mass is 15.2. The van der Waals surface area contributed by atoms with E-state index in [0.717, 1.165) is 13.1 Å². The van der Waals surface area contributed by atoms with Gasteiger partial charge in [0, 0.05) is 12.6 Å². The summed E-state index contributed by atoms with van der Waals surface area (Å²) in [6.45, 7) is 6.87. The van der Waals surface area contributed by atoms with Gasteiger partial charge in [-0.05, 0) is 36.8 Å². The molecule has 1 heterocycles. The molecule has 102 valence electrons. The molecule has 0 spiro atoms. The lowest BCUT2D eigenvalue weighted by Crippen LogP contribution is -2.30. The first-order valence-electron chi connectivity index (χ1n) is 7.40. The third kappa shape index (κ3) is 2.98. The minimum atomic E-state index is 0.270. The Morgan fingerprint density at radius 1 is 1.26 bits per heavy atom. The molecule has 19 heavy (non-hydrogen) atoms. The van der Waals surface area contributed by atoms with Crippen LogP contribution < -0.4 is 0 Å². The van der Waals surface area contributed by atoms with Crippen molar-refractivity contribution in [2.75, 3.05) is 13.1 Å². The molecule has 0 saturated carbocycles. The summed E-state index contributed by atoms with van der Waals surface area (Å²) in [6.07, 6.45) is 4.35. The summed E-state index contributed by atoms with van der Waals surface area (Å²) >= 11 is 0. The number of nitriles is 1. The second kappa shape index (κ2) is 6.21. The molecular formula is C17H24N2. The number of hydrogen-bond acceptors (Lipinski definition) is 2. The molecule has 1 aliphatic rings. The first-order chi connectivity index (χ1) is 9.24. The Hall–Kier alpha value is -1.33. The molecule has 2 heteroatoms. The molecule has 1 aliphatic heterocycles. The molecule has 1 fully saturated rings. The predicted molar refractivity (Wildman–Crippen MR) is 78.6 cm³/mol. The minimum Gasteiger partial charge on any atom is -0.295 e. The van der Waals surface area contributed by atoms with E-state index in [4.69, 9.17) is 5.26 Å². The predicted octanol–water partition coefficient (Wildman–Crippen LogP) is 4.15. The first kappa shape index (κ1) is 14.1. The summed E-state index contributed by atoms with van der Waals surface area (Å²) < 4.78 is 0. The van der Waals surface area contributed by atoms with E-state index in [1.54, 1.807) is 0 Å². The van der Waals surface area contributed by atoms with Crippen molar-refractivity contribution in [3.63, 3.8) is 0 Å². The van der Waals surface area contributed by atoms with E-state index in [0.29, 0.717) is 11.8 Å². The molecule has 1 saturated heterocycles. The highest BCUT2D eigenvalue weighted by Crippen LogP contribution is 2.41. The highest BCUT2D eigenvalue weighted by Gasteiger charge is 2.37. The van der Waals surface area contributed by atoms with E-state index in [1.165, 1.54) is 24.8 Å². The van der Waals surface area contributed by atoms with E-state index in [1.807, 2.05) is 6.07 Å². The van der Waals surface area contributed by atoms with Crippen LogP contribution >= 0.6 is 0 Å². The van der Waals surface area contributed by atoms with Crippen molar-refractivity contribution in [2.45, 2.75) is 45.6 Å². The zero-order valence-electron chi connectivity index (χ0n) is 12.1. The van der Waals surface area contributed by atoms with Gasteiger partial charge in [-0.3, -0.25) is 4.90 Å². The molecule has 2 nitrogen and oxygen atoms in total. The number of likely N-dealkylation sites (tertiary alicyclic amines) is 1. The average molecular weight is 256 g/mol. The van der Waals surface area contributed by atoms with Gasteiger partial charge in [-0.25, -0.2) is 0 Å². The molecule has 0 amide bonds. The van der Waals surface area contributed by atoms with Crippen molar-refractivity contribution in [1.82, 2.24) is 4.90 Å². The van der Waals surface area contributed by atoms with Gasteiger partial charge in [0.1, 0.15) is 0 Å². The summed E-state index contributed by atoms with van der Waals surface area (Å²) in [6, 6.07) is 13.1. The van der Waals surface area contributed by atoms with Gasteiger partial charge in [0.05, 0.1) is 12.5 Å². The largest absolute Gasteiger partial charge is 0.295 e. The molecule has 0 N–H and O–H groups in total. The maximum Gasteiger partial charge on any atom is 0.0641 e. The van der Waals surface area contributed by atoms with Crippen LogP contribution in [0.25, 0.3) is 0 Å². The Labute approximate surface area is 117 Å². The first-order valence-corrected chi connectivity index (χ1v) is 7.40. The molecule has 1 aromatic rings. The van der Waals surface area contributed by atoms with Crippen molar-refractivity contribution < 1.29 is 0 Å². The second-order valence-corrected chi connectivity index (χ2v) is 5.72. The number of hydrogen-bond donors (Lipinski definition) is 0. The molecular weight excluding hydrogens is 232 g/mol. The zero-order chi connectivity index (χ0) is 13.7. The van der Waals surface area contributed by atoms with Gasteiger partial charge >= 0.3 is 0 Å². The fraction of sp³-hybridized carbons (Fsp3) is 0.588. The van der Waals surface area contributed by atoms with Crippen LogP contribution in [0.4, 0.5) is 0 Å². The van der Waals surface area contributed by atoms with Crippen LogP contribution in [0.15, 0.2) is 30.3 Å². The molecule has 1 aromatic carbocycles. The van der Waals surface area contributed by atoms with Gasteiger partial charge < -0.3 is 0 Å². The van der Waals surface area contributed by atoms with E-state index in [-0.39, 0.29) is 6.04 Å². The lowest BCUT2D eigenvalue weighted by molar-refractivity contribution is 0.196. The van der Waals surface area contributed by atoms with Crippen LogP contribution in [0.5, 0.6) is 0 Å². The molecule has 0 aliphatic carbocycles. The van der Waals surface area contributed by atoms with Gasteiger partial charge in [0.15, 0.2) is 0 Å². The van der Waals surface area contributed by atoms with Crippen LogP contribution in [0, 0.1) is 16.7 Å². The summed E-state index contributed by atoms with van der Waals surface area (Å²) in [5.74, 6) is 0. The second-order valence-electron chi connectivity index (χ2n) is 5.72. The van der Waals surface area contributed by atoms with E-state index in [9.17, 15) is 0 Å². The van der Waals surface area contributed by atoms with Gasteiger partial charge in [0.25, 0.3) is 0 Å². The molecule has 2 rings (SSSR count). The number of rotatable bonds is 5.